The molecule has 0 aliphatic heterocycles. The maximum atomic E-state index is 12.3. The number of rotatable bonds is 8. The Morgan fingerprint density at radius 2 is 2.00 bits per heavy atom. The molecular weight excluding hydrogens is 324 g/mol. The normalized spacial score (nSPS) is 11.1. The average Bonchev–Trinajstić information content (AvgIpc) is 2.53. The van der Waals surface area contributed by atoms with Gasteiger partial charge in [0.05, 0.1) is 7.11 Å². The first-order chi connectivity index (χ1) is 10.7. The zero-order valence-electron chi connectivity index (χ0n) is 13.2. The van der Waals surface area contributed by atoms with Gasteiger partial charge in [0.1, 0.15) is 10.6 Å². The summed E-state index contributed by atoms with van der Waals surface area (Å²) in [5.74, 6) is -1.20. The van der Waals surface area contributed by atoms with Gasteiger partial charge < -0.3 is 14.7 Å². The molecule has 2 N–H and O–H groups in total. The molecule has 1 rings (SSSR count). The van der Waals surface area contributed by atoms with E-state index in [-0.39, 0.29) is 29.2 Å². The van der Waals surface area contributed by atoms with Crippen LogP contribution in [0.2, 0.25) is 0 Å². The number of hydrogen-bond donors (Lipinski definition) is 2. The number of carboxylic acid groups (broad SMARTS) is 1. The van der Waals surface area contributed by atoms with Gasteiger partial charge in [-0.2, -0.15) is 0 Å². The minimum atomic E-state index is -3.77. The van der Waals surface area contributed by atoms with Gasteiger partial charge in [0.25, 0.3) is 5.91 Å². The van der Waals surface area contributed by atoms with Crippen molar-refractivity contribution in [2.45, 2.75) is 17.7 Å². The number of amides is 1. The van der Waals surface area contributed by atoms with Crippen LogP contribution < -0.4 is 9.46 Å². The summed E-state index contributed by atoms with van der Waals surface area (Å²) < 4.78 is 31.2. The van der Waals surface area contributed by atoms with Crippen molar-refractivity contribution in [3.05, 3.63) is 23.8 Å². The summed E-state index contributed by atoms with van der Waals surface area (Å²) in [7, 11) is 0.356. The van der Waals surface area contributed by atoms with E-state index in [1.165, 1.54) is 44.3 Å². The Morgan fingerprint density at radius 3 is 2.52 bits per heavy atom. The van der Waals surface area contributed by atoms with Gasteiger partial charge in [0.15, 0.2) is 0 Å². The number of ether oxygens (including phenoxy) is 1. The monoisotopic (exact) mass is 344 g/mol. The Bertz CT molecular complexity index is 687. The molecule has 0 aliphatic carbocycles. The van der Waals surface area contributed by atoms with E-state index in [1.807, 2.05) is 0 Å². The van der Waals surface area contributed by atoms with Crippen molar-refractivity contribution in [2.75, 3.05) is 27.7 Å². The highest BCUT2D eigenvalue weighted by Crippen LogP contribution is 2.25. The first kappa shape index (κ1) is 18.9. The van der Waals surface area contributed by atoms with E-state index >= 15 is 0 Å². The quantitative estimate of drug-likeness (QED) is 0.712. The van der Waals surface area contributed by atoms with E-state index in [2.05, 4.69) is 4.72 Å². The third kappa shape index (κ3) is 4.93. The van der Waals surface area contributed by atoms with Crippen LogP contribution in [0, 0.1) is 0 Å². The molecule has 0 saturated carbocycles. The van der Waals surface area contributed by atoms with Gasteiger partial charge in [-0.3, -0.25) is 9.59 Å². The second-order valence-corrected chi connectivity index (χ2v) is 6.65. The number of carbonyl (C=O) groups is 2. The maximum Gasteiger partial charge on any atom is 0.303 e. The fourth-order valence-corrected chi connectivity index (χ4v) is 2.84. The van der Waals surface area contributed by atoms with Crippen LogP contribution in [0.3, 0.4) is 0 Å². The minimum Gasteiger partial charge on any atom is -0.495 e. The van der Waals surface area contributed by atoms with E-state index < -0.39 is 21.9 Å². The highest BCUT2D eigenvalue weighted by molar-refractivity contribution is 7.89. The molecule has 1 amide bonds. The van der Waals surface area contributed by atoms with Crippen molar-refractivity contribution >= 4 is 21.9 Å². The predicted octanol–water partition coefficient (Wildman–Crippen LogP) is 0.540. The molecule has 1 aromatic rings. The van der Waals surface area contributed by atoms with Crippen molar-refractivity contribution < 1.29 is 27.9 Å². The van der Waals surface area contributed by atoms with Gasteiger partial charge in [-0.25, -0.2) is 13.1 Å². The van der Waals surface area contributed by atoms with Crippen LogP contribution in [0.1, 0.15) is 23.2 Å². The van der Waals surface area contributed by atoms with Crippen LogP contribution in [0.4, 0.5) is 0 Å². The number of hydrogen-bond acceptors (Lipinski definition) is 5. The zero-order valence-corrected chi connectivity index (χ0v) is 14.0. The molecule has 8 nitrogen and oxygen atoms in total. The Labute approximate surface area is 135 Å². The second-order valence-electron chi connectivity index (χ2n) is 4.80. The number of carboxylic acids is 1. The average molecular weight is 344 g/mol. The van der Waals surface area contributed by atoms with E-state index in [4.69, 9.17) is 9.84 Å². The maximum absolute atomic E-state index is 12.3. The van der Waals surface area contributed by atoms with E-state index in [1.54, 1.807) is 0 Å². The number of carbonyl (C=O) groups excluding carboxylic acids is 1. The zero-order chi connectivity index (χ0) is 17.6. The Balaban J connectivity index is 3.02. The summed E-state index contributed by atoms with van der Waals surface area (Å²) in [6.07, 6.45) is 0.273. The fourth-order valence-electron chi connectivity index (χ4n) is 1.92. The van der Waals surface area contributed by atoms with Crippen molar-refractivity contribution in [1.29, 1.82) is 0 Å². The largest absolute Gasteiger partial charge is 0.495 e. The van der Waals surface area contributed by atoms with Gasteiger partial charge in [-0.1, -0.05) is 0 Å². The molecule has 0 saturated heterocycles. The molecule has 1 aromatic carbocycles. The third-order valence-electron chi connectivity index (χ3n) is 3.20. The molecule has 0 radical (unpaired) electrons. The molecule has 9 heteroatoms. The van der Waals surface area contributed by atoms with Gasteiger partial charge in [-0.05, 0) is 31.7 Å². The van der Waals surface area contributed by atoms with E-state index in [0.29, 0.717) is 6.42 Å². The van der Waals surface area contributed by atoms with Crippen LogP contribution in [-0.2, 0) is 14.8 Å². The Kier molecular flexibility index (Phi) is 6.52. The molecular formula is C14H20N2O6S. The lowest BCUT2D eigenvalue weighted by atomic mass is 10.2. The lowest BCUT2D eigenvalue weighted by Gasteiger charge is -2.18. The van der Waals surface area contributed by atoms with E-state index in [0.717, 1.165) is 0 Å². The Hall–Kier alpha value is -2.13. The molecule has 0 heterocycles. The van der Waals surface area contributed by atoms with Crippen molar-refractivity contribution in [1.82, 2.24) is 9.62 Å². The highest BCUT2D eigenvalue weighted by Gasteiger charge is 2.21. The van der Waals surface area contributed by atoms with Crippen LogP contribution in [0.25, 0.3) is 0 Å². The highest BCUT2D eigenvalue weighted by atomic mass is 32.2. The molecule has 0 bridgehead atoms. The Morgan fingerprint density at radius 1 is 1.35 bits per heavy atom. The number of nitrogens with one attached hydrogen (secondary N) is 1. The number of methoxy groups -OCH3 is 1. The summed E-state index contributed by atoms with van der Waals surface area (Å²) in [6, 6.07) is 4.10. The lowest BCUT2D eigenvalue weighted by Crippen LogP contribution is -2.28. The summed E-state index contributed by atoms with van der Waals surface area (Å²) in [4.78, 5) is 24.0. The fraction of sp³-hybridized carbons (Fsp3) is 0.429. The number of benzene rings is 1. The molecule has 0 fully saturated rings. The van der Waals surface area contributed by atoms with Crippen molar-refractivity contribution in [3.63, 3.8) is 0 Å². The van der Waals surface area contributed by atoms with Crippen molar-refractivity contribution in [3.8, 4) is 5.75 Å². The number of sulfonamides is 1. The molecule has 128 valence electrons. The summed E-state index contributed by atoms with van der Waals surface area (Å²) in [5.41, 5.74) is 0.178. The lowest BCUT2D eigenvalue weighted by molar-refractivity contribution is -0.137. The van der Waals surface area contributed by atoms with Crippen LogP contribution in [-0.4, -0.2) is 58.1 Å². The van der Waals surface area contributed by atoms with Crippen molar-refractivity contribution in [2.24, 2.45) is 0 Å². The predicted molar refractivity (Wildman–Crippen MR) is 83.1 cm³/mol. The summed E-state index contributed by atoms with van der Waals surface area (Å²) >= 11 is 0. The molecule has 0 spiro atoms. The number of nitrogens with zero attached hydrogens (tertiary/aromatic N) is 1. The van der Waals surface area contributed by atoms with Crippen LogP contribution >= 0.6 is 0 Å². The summed E-state index contributed by atoms with van der Waals surface area (Å²) in [6.45, 7) is 0.255. The topological polar surface area (TPSA) is 113 Å². The van der Waals surface area contributed by atoms with E-state index in [9.17, 15) is 18.0 Å². The van der Waals surface area contributed by atoms with Gasteiger partial charge in [0, 0.05) is 25.6 Å². The smallest absolute Gasteiger partial charge is 0.303 e. The van der Waals surface area contributed by atoms with Gasteiger partial charge in [0.2, 0.25) is 10.0 Å². The molecule has 0 aliphatic rings. The second kappa shape index (κ2) is 7.93. The standard InChI is InChI=1S/C14H20N2O6S/c1-15-23(20,21)12-9-10(6-7-11(12)22-3)14(19)16(2)8-4-5-13(17)18/h6-7,9,15H,4-5,8H2,1-3H3,(H,17,18). The molecule has 0 unspecified atom stereocenters. The molecule has 0 atom stereocenters. The van der Waals surface area contributed by atoms with Gasteiger partial charge >= 0.3 is 5.97 Å². The third-order valence-corrected chi connectivity index (χ3v) is 4.64. The SMILES string of the molecule is CNS(=O)(=O)c1cc(C(=O)N(C)CCCC(=O)O)ccc1OC. The first-order valence-electron chi connectivity index (χ1n) is 6.81. The first-order valence-corrected chi connectivity index (χ1v) is 8.30. The molecule has 23 heavy (non-hydrogen) atoms. The molecule has 0 aromatic heterocycles. The van der Waals surface area contributed by atoms with Gasteiger partial charge in [-0.15, -0.1) is 0 Å². The van der Waals surface area contributed by atoms with Crippen LogP contribution in [0.5, 0.6) is 5.75 Å². The summed E-state index contributed by atoms with van der Waals surface area (Å²) in [5, 5.41) is 8.60. The minimum absolute atomic E-state index is 0.0420. The number of aliphatic carboxylic acids is 1. The van der Waals surface area contributed by atoms with Crippen LogP contribution in [0.15, 0.2) is 23.1 Å².